The summed E-state index contributed by atoms with van der Waals surface area (Å²) in [5.41, 5.74) is 0.840. The number of aromatic nitrogens is 2. The molecule has 1 heterocycles. The SMILES string of the molecule is COc1cccc(-c2noc(C(C)Cl)n2)c1. The van der Waals surface area contributed by atoms with Crippen molar-refractivity contribution >= 4 is 11.6 Å². The second kappa shape index (κ2) is 4.53. The van der Waals surface area contributed by atoms with Crippen LogP contribution in [0.2, 0.25) is 0 Å². The van der Waals surface area contributed by atoms with Gasteiger partial charge in [0.05, 0.1) is 7.11 Å². The van der Waals surface area contributed by atoms with Crippen molar-refractivity contribution in [3.05, 3.63) is 30.2 Å². The predicted octanol–water partition coefficient (Wildman–Crippen LogP) is 3.05. The molecule has 0 fully saturated rings. The number of hydrogen-bond donors (Lipinski definition) is 0. The Morgan fingerprint density at radius 2 is 2.25 bits per heavy atom. The summed E-state index contributed by atoms with van der Waals surface area (Å²) < 4.78 is 10.1. The van der Waals surface area contributed by atoms with Gasteiger partial charge in [-0.05, 0) is 19.1 Å². The lowest BCUT2D eigenvalue weighted by molar-refractivity contribution is 0.379. The Labute approximate surface area is 98.2 Å². The lowest BCUT2D eigenvalue weighted by Crippen LogP contribution is -1.86. The zero-order valence-corrected chi connectivity index (χ0v) is 9.73. The van der Waals surface area contributed by atoms with Crippen LogP contribution in [0.3, 0.4) is 0 Å². The van der Waals surface area contributed by atoms with Gasteiger partial charge < -0.3 is 9.26 Å². The molecule has 1 aromatic heterocycles. The fourth-order valence-electron chi connectivity index (χ4n) is 1.28. The highest BCUT2D eigenvalue weighted by Gasteiger charge is 2.12. The number of hydrogen-bond acceptors (Lipinski definition) is 4. The van der Waals surface area contributed by atoms with Gasteiger partial charge in [0.1, 0.15) is 11.1 Å². The Morgan fingerprint density at radius 3 is 2.88 bits per heavy atom. The monoisotopic (exact) mass is 238 g/mol. The summed E-state index contributed by atoms with van der Waals surface area (Å²) in [6, 6.07) is 7.45. The Kier molecular flexibility index (Phi) is 3.10. The van der Waals surface area contributed by atoms with Gasteiger partial charge in [0.15, 0.2) is 0 Å². The molecule has 0 bridgehead atoms. The topological polar surface area (TPSA) is 48.2 Å². The lowest BCUT2D eigenvalue weighted by atomic mass is 10.2. The average molecular weight is 239 g/mol. The van der Waals surface area contributed by atoms with Crippen LogP contribution in [0.15, 0.2) is 28.8 Å². The highest BCUT2D eigenvalue weighted by atomic mass is 35.5. The van der Waals surface area contributed by atoms with Crippen molar-refractivity contribution in [3.63, 3.8) is 0 Å². The molecule has 84 valence electrons. The van der Waals surface area contributed by atoms with Crippen molar-refractivity contribution in [1.82, 2.24) is 10.1 Å². The van der Waals surface area contributed by atoms with Crippen molar-refractivity contribution in [1.29, 1.82) is 0 Å². The van der Waals surface area contributed by atoms with Gasteiger partial charge in [0.25, 0.3) is 0 Å². The first-order chi connectivity index (χ1) is 7.70. The fourth-order valence-corrected chi connectivity index (χ4v) is 1.36. The molecule has 0 aliphatic heterocycles. The van der Waals surface area contributed by atoms with Gasteiger partial charge in [0, 0.05) is 5.56 Å². The number of alkyl halides is 1. The van der Waals surface area contributed by atoms with E-state index in [1.165, 1.54) is 0 Å². The van der Waals surface area contributed by atoms with Gasteiger partial charge in [-0.2, -0.15) is 4.98 Å². The molecule has 0 radical (unpaired) electrons. The summed E-state index contributed by atoms with van der Waals surface area (Å²) >= 11 is 5.84. The van der Waals surface area contributed by atoms with E-state index in [0.29, 0.717) is 11.7 Å². The van der Waals surface area contributed by atoms with E-state index in [4.69, 9.17) is 20.9 Å². The summed E-state index contributed by atoms with van der Waals surface area (Å²) in [7, 11) is 1.61. The lowest BCUT2D eigenvalue weighted by Gasteiger charge is -1.99. The van der Waals surface area contributed by atoms with Gasteiger partial charge >= 0.3 is 0 Å². The first-order valence-corrected chi connectivity index (χ1v) is 5.26. The third kappa shape index (κ3) is 2.17. The summed E-state index contributed by atoms with van der Waals surface area (Å²) in [6.07, 6.45) is 0. The van der Waals surface area contributed by atoms with Crippen molar-refractivity contribution < 1.29 is 9.26 Å². The van der Waals surface area contributed by atoms with Crippen LogP contribution in [0.5, 0.6) is 5.75 Å². The number of methoxy groups -OCH3 is 1. The van der Waals surface area contributed by atoms with Gasteiger partial charge in [-0.25, -0.2) is 0 Å². The molecule has 2 aromatic rings. The van der Waals surface area contributed by atoms with E-state index < -0.39 is 0 Å². The van der Waals surface area contributed by atoms with Gasteiger partial charge in [0.2, 0.25) is 11.7 Å². The molecular formula is C11H11ClN2O2. The minimum absolute atomic E-state index is 0.285. The van der Waals surface area contributed by atoms with Crippen LogP contribution < -0.4 is 4.74 Å². The van der Waals surface area contributed by atoms with Crippen LogP contribution in [0, 0.1) is 0 Å². The van der Waals surface area contributed by atoms with Crippen LogP contribution in [0.4, 0.5) is 0 Å². The van der Waals surface area contributed by atoms with E-state index in [2.05, 4.69) is 10.1 Å². The minimum Gasteiger partial charge on any atom is -0.497 e. The van der Waals surface area contributed by atoms with E-state index in [1.807, 2.05) is 24.3 Å². The van der Waals surface area contributed by atoms with Crippen LogP contribution in [0.25, 0.3) is 11.4 Å². The van der Waals surface area contributed by atoms with E-state index in [1.54, 1.807) is 14.0 Å². The molecule has 0 spiro atoms. The van der Waals surface area contributed by atoms with E-state index >= 15 is 0 Å². The van der Waals surface area contributed by atoms with Gasteiger partial charge in [-0.3, -0.25) is 0 Å². The van der Waals surface area contributed by atoms with Gasteiger partial charge in [-0.15, -0.1) is 11.6 Å². The van der Waals surface area contributed by atoms with E-state index in [9.17, 15) is 0 Å². The molecule has 2 rings (SSSR count). The zero-order valence-electron chi connectivity index (χ0n) is 8.98. The van der Waals surface area contributed by atoms with Crippen molar-refractivity contribution in [3.8, 4) is 17.1 Å². The van der Waals surface area contributed by atoms with Crippen LogP contribution in [-0.4, -0.2) is 17.3 Å². The summed E-state index contributed by atoms with van der Waals surface area (Å²) in [5.74, 6) is 1.68. The van der Waals surface area contributed by atoms with Gasteiger partial charge in [-0.1, -0.05) is 17.3 Å². The molecule has 16 heavy (non-hydrogen) atoms. The van der Waals surface area contributed by atoms with E-state index in [0.717, 1.165) is 11.3 Å². The second-order valence-corrected chi connectivity index (χ2v) is 3.96. The maximum atomic E-state index is 5.84. The molecule has 0 aliphatic rings. The number of ether oxygens (including phenoxy) is 1. The summed E-state index contributed by atoms with van der Waals surface area (Å²) in [6.45, 7) is 1.78. The quantitative estimate of drug-likeness (QED) is 0.771. The Balaban J connectivity index is 2.34. The standard InChI is InChI=1S/C11H11ClN2O2/c1-7(12)11-13-10(14-16-11)8-4-3-5-9(6-8)15-2/h3-7H,1-2H3. The van der Waals surface area contributed by atoms with Crippen molar-refractivity contribution in [2.75, 3.05) is 7.11 Å². The molecule has 4 nitrogen and oxygen atoms in total. The maximum Gasteiger partial charge on any atom is 0.244 e. The maximum absolute atomic E-state index is 5.84. The smallest absolute Gasteiger partial charge is 0.244 e. The number of nitrogens with zero attached hydrogens (tertiary/aromatic N) is 2. The zero-order chi connectivity index (χ0) is 11.5. The fraction of sp³-hybridized carbons (Fsp3) is 0.273. The minimum atomic E-state index is -0.285. The molecule has 5 heteroatoms. The van der Waals surface area contributed by atoms with Crippen molar-refractivity contribution in [2.24, 2.45) is 0 Å². The van der Waals surface area contributed by atoms with Crippen LogP contribution in [-0.2, 0) is 0 Å². The molecule has 0 saturated carbocycles. The summed E-state index contributed by atoms with van der Waals surface area (Å²) in [4.78, 5) is 4.19. The molecule has 0 amide bonds. The Hall–Kier alpha value is -1.55. The Bertz CT molecular complexity index is 482. The first kappa shape index (κ1) is 11.0. The molecule has 0 N–H and O–H groups in total. The third-order valence-electron chi connectivity index (χ3n) is 2.11. The molecule has 1 aromatic carbocycles. The van der Waals surface area contributed by atoms with E-state index in [-0.39, 0.29) is 5.38 Å². The molecule has 1 atom stereocenters. The van der Waals surface area contributed by atoms with Crippen LogP contribution in [0.1, 0.15) is 18.2 Å². The highest BCUT2D eigenvalue weighted by Crippen LogP contribution is 2.24. The van der Waals surface area contributed by atoms with Crippen LogP contribution >= 0.6 is 11.6 Å². The molecular weight excluding hydrogens is 228 g/mol. The molecule has 0 aliphatic carbocycles. The third-order valence-corrected chi connectivity index (χ3v) is 2.30. The second-order valence-electron chi connectivity index (χ2n) is 3.30. The Morgan fingerprint density at radius 1 is 1.44 bits per heavy atom. The predicted molar refractivity (Wildman–Crippen MR) is 60.6 cm³/mol. The molecule has 0 saturated heterocycles. The largest absolute Gasteiger partial charge is 0.497 e. The number of benzene rings is 1. The number of halogens is 1. The normalized spacial score (nSPS) is 12.4. The first-order valence-electron chi connectivity index (χ1n) is 4.83. The molecule has 1 unspecified atom stereocenters. The highest BCUT2D eigenvalue weighted by molar-refractivity contribution is 6.20. The summed E-state index contributed by atoms with van der Waals surface area (Å²) in [5, 5.41) is 3.57. The average Bonchev–Trinajstić information content (AvgIpc) is 2.78. The van der Waals surface area contributed by atoms with Crippen molar-refractivity contribution in [2.45, 2.75) is 12.3 Å². The number of rotatable bonds is 3.